The highest BCUT2D eigenvalue weighted by Gasteiger charge is 2.32. The maximum Gasteiger partial charge on any atom is 0.245 e. The summed E-state index contributed by atoms with van der Waals surface area (Å²) >= 11 is 0. The third-order valence-corrected chi connectivity index (χ3v) is 15.3. The number of aromatic amines is 1. The maximum atomic E-state index is 15.0. The monoisotopic (exact) mass is 925 g/mol. The zero-order valence-corrected chi connectivity index (χ0v) is 43.0. The zero-order chi connectivity index (χ0) is 47.4. The fourth-order valence-corrected chi connectivity index (χ4v) is 10.8. The molecule has 63 heavy (non-hydrogen) atoms. The van der Waals surface area contributed by atoms with Gasteiger partial charge >= 0.3 is 0 Å². The maximum absolute atomic E-state index is 15.0. The minimum atomic E-state index is -1.74. The number of halogens is 1. The molecule has 0 saturated heterocycles. The first-order chi connectivity index (χ1) is 29.4. The quantitative estimate of drug-likeness (QED) is 0.0607. The third-order valence-electron chi connectivity index (χ3n) is 11.7. The fourth-order valence-electron chi connectivity index (χ4n) is 7.62. The normalized spacial score (nSPS) is 16.0. The molecule has 7 unspecified atom stereocenters. The first-order valence-corrected chi connectivity index (χ1v) is 26.8. The zero-order valence-electron chi connectivity index (χ0n) is 40.1. The average Bonchev–Trinajstić information content (AvgIpc) is 3.64. The van der Waals surface area contributed by atoms with E-state index in [9.17, 15) is 19.2 Å². The summed E-state index contributed by atoms with van der Waals surface area (Å²) in [4.78, 5) is 61.7. The van der Waals surface area contributed by atoms with Gasteiger partial charge in [-0.2, -0.15) is 0 Å². The van der Waals surface area contributed by atoms with Gasteiger partial charge in [0.2, 0.25) is 17.5 Å². The number of H-pyrrole nitrogens is 1. The van der Waals surface area contributed by atoms with Crippen molar-refractivity contribution < 1.29 is 23.6 Å². The molecule has 3 amide bonds. The van der Waals surface area contributed by atoms with E-state index in [0.29, 0.717) is 24.1 Å². The van der Waals surface area contributed by atoms with Crippen LogP contribution in [0.15, 0.2) is 72.5 Å². The number of amides is 3. The van der Waals surface area contributed by atoms with Crippen molar-refractivity contribution in [2.24, 2.45) is 17.8 Å². The summed E-state index contributed by atoms with van der Waals surface area (Å²) in [7, 11) is 3.44. The van der Waals surface area contributed by atoms with E-state index in [1.54, 1.807) is 0 Å². The number of nitrogens with one attached hydrogen (secondary N) is 3. The molecule has 0 fully saturated rings. The summed E-state index contributed by atoms with van der Waals surface area (Å²) in [6.45, 7) is 23.8. The Hall–Kier alpha value is -3.85. The Balaban J connectivity index is 1.81. The summed E-state index contributed by atoms with van der Waals surface area (Å²) in [5, 5.41) is 5.71. The van der Waals surface area contributed by atoms with Crippen molar-refractivity contribution >= 4 is 78.5 Å². The van der Waals surface area contributed by atoms with Crippen LogP contribution in [-0.4, -0.2) is 111 Å². The molecule has 0 saturated carbocycles. The molecule has 0 aliphatic heterocycles. The number of benzene rings is 2. The summed E-state index contributed by atoms with van der Waals surface area (Å²) in [6.07, 6.45) is 14.7. The van der Waals surface area contributed by atoms with Crippen LogP contribution in [0.3, 0.4) is 0 Å². The van der Waals surface area contributed by atoms with Gasteiger partial charge in [0.15, 0.2) is 5.78 Å². The van der Waals surface area contributed by atoms with Crippen molar-refractivity contribution in [2.75, 3.05) is 50.8 Å². The van der Waals surface area contributed by atoms with Gasteiger partial charge in [-0.05, 0) is 124 Å². The Morgan fingerprint density at radius 2 is 1.78 bits per heavy atom. The minimum Gasteiger partial charge on any atom is -0.377 e. The SMILES string of the molecule is C=C(/C=C\C(=C/C)c1ccc2c(ccc3nc(CN(CC(C)(F)P)C(=O)C(NC(C)=O)C(C)C)[nH]c32)c1)/C(=C/N(C)C(C)C(C)CS(C)(C)CCC(=O)CNC(=O)PC)C(C)CC. The van der Waals surface area contributed by atoms with Gasteiger partial charge in [0.25, 0.3) is 0 Å². The molecular formula is C49H75FN6O4P2S. The van der Waals surface area contributed by atoms with Crippen molar-refractivity contribution in [3.63, 3.8) is 0 Å². The lowest BCUT2D eigenvalue weighted by molar-refractivity contribution is -0.138. The van der Waals surface area contributed by atoms with Gasteiger partial charge in [-0.25, -0.2) is 19.4 Å². The number of hydrogen-bond acceptors (Lipinski definition) is 6. The lowest BCUT2D eigenvalue weighted by Crippen LogP contribution is -2.52. The van der Waals surface area contributed by atoms with E-state index >= 15 is 4.39 Å². The molecule has 3 aromatic rings. The van der Waals surface area contributed by atoms with Gasteiger partial charge in [0.05, 0.1) is 30.7 Å². The molecule has 10 nitrogen and oxygen atoms in total. The van der Waals surface area contributed by atoms with Crippen LogP contribution in [0.5, 0.6) is 0 Å². The molecule has 0 spiro atoms. The number of nitrogens with zero attached hydrogens (tertiary/aromatic N) is 3. The Morgan fingerprint density at radius 1 is 1.10 bits per heavy atom. The average molecular weight is 925 g/mol. The van der Waals surface area contributed by atoms with Crippen molar-refractivity contribution in [3.8, 4) is 0 Å². The van der Waals surface area contributed by atoms with Crippen LogP contribution in [0.2, 0.25) is 0 Å². The molecule has 1 heterocycles. The summed E-state index contributed by atoms with van der Waals surface area (Å²) in [5.74, 6) is 2.34. The predicted octanol–water partition coefficient (Wildman–Crippen LogP) is 10.2. The summed E-state index contributed by atoms with van der Waals surface area (Å²) < 4.78 is 15.0. The van der Waals surface area contributed by atoms with Crippen LogP contribution in [0.4, 0.5) is 9.18 Å². The molecule has 0 radical (unpaired) electrons. The predicted molar refractivity (Wildman–Crippen MR) is 273 cm³/mol. The van der Waals surface area contributed by atoms with E-state index in [-0.39, 0.29) is 63.4 Å². The van der Waals surface area contributed by atoms with Crippen molar-refractivity contribution in [1.82, 2.24) is 30.4 Å². The van der Waals surface area contributed by atoms with E-state index in [1.807, 2.05) is 39.6 Å². The second kappa shape index (κ2) is 23.9. The highest BCUT2D eigenvalue weighted by molar-refractivity contribution is 8.32. The Bertz CT molecular complexity index is 2190. The molecular weight excluding hydrogens is 850 g/mol. The number of allylic oxidation sites excluding steroid dienone is 6. The molecule has 348 valence electrons. The molecule has 3 N–H and O–H groups in total. The van der Waals surface area contributed by atoms with E-state index in [0.717, 1.165) is 56.4 Å². The number of alkyl halides is 1. The summed E-state index contributed by atoms with van der Waals surface area (Å²) in [6, 6.07) is 9.79. The van der Waals surface area contributed by atoms with Gasteiger partial charge in [0.1, 0.15) is 17.3 Å². The number of ketones is 1. The van der Waals surface area contributed by atoms with E-state index in [2.05, 4.69) is 126 Å². The standard InChI is InChI=1S/C49H75FN6O4P2S/c1-15-32(5)42(27-55(11)35(8)34(7)29-63(13,14)24-23-40(58)26-51-48(60)62-12)33(6)17-18-37(16-2)38-19-21-41-39(25-38)20-22-43-46(41)54-44(53-43)28-56(30-49(10,50)61)47(59)45(31(3)4)52-36(9)57/h16-22,25,27,31-32,34-35,45,62H,6,15,23-24,26,28-30,61H2,1-5,7-14H3,(H,51,60)(H,52,57)(H,53,54)/b18-17-,37-16+,42-27+. The van der Waals surface area contributed by atoms with Gasteiger partial charge in [0, 0.05) is 38.0 Å². The van der Waals surface area contributed by atoms with Crippen LogP contribution >= 0.6 is 27.8 Å². The molecule has 3 rings (SSSR count). The molecule has 2 aromatic carbocycles. The third kappa shape index (κ3) is 16.3. The smallest absolute Gasteiger partial charge is 0.245 e. The minimum absolute atomic E-state index is 0.0492. The van der Waals surface area contributed by atoms with E-state index in [1.165, 1.54) is 24.3 Å². The second-order valence-electron chi connectivity index (χ2n) is 18.2. The molecule has 7 atom stereocenters. The van der Waals surface area contributed by atoms with Crippen LogP contribution < -0.4 is 10.6 Å². The Labute approximate surface area is 382 Å². The highest BCUT2D eigenvalue weighted by Crippen LogP contribution is 2.43. The molecule has 1 aromatic heterocycles. The number of rotatable bonds is 24. The topological polar surface area (TPSA) is 128 Å². The second-order valence-corrected chi connectivity index (χ2v) is 24.6. The fraction of sp³-hybridized carbons (Fsp3) is 0.531. The van der Waals surface area contributed by atoms with Gasteiger partial charge in [-0.3, -0.25) is 19.2 Å². The number of aromatic nitrogens is 2. The summed E-state index contributed by atoms with van der Waals surface area (Å²) in [5.41, 5.74) is 5.76. The highest BCUT2D eigenvalue weighted by atomic mass is 32.3. The van der Waals surface area contributed by atoms with Crippen molar-refractivity contribution in [3.05, 3.63) is 83.9 Å². The van der Waals surface area contributed by atoms with Crippen LogP contribution in [-0.2, 0) is 20.9 Å². The molecule has 14 heteroatoms. The van der Waals surface area contributed by atoms with Crippen LogP contribution in [0, 0.1) is 17.8 Å². The van der Waals surface area contributed by atoms with Gasteiger partial charge in [-0.1, -0.05) is 86.9 Å². The lowest BCUT2D eigenvalue weighted by Gasteiger charge is -2.38. The van der Waals surface area contributed by atoms with Crippen LogP contribution in [0.1, 0.15) is 86.5 Å². The number of imidazole rings is 1. The first kappa shape index (κ1) is 53.5. The van der Waals surface area contributed by atoms with Crippen LogP contribution in [0.25, 0.3) is 27.4 Å². The van der Waals surface area contributed by atoms with Gasteiger partial charge in [-0.15, -0.1) is 0 Å². The van der Waals surface area contributed by atoms with E-state index < -0.39 is 21.5 Å². The molecule has 0 aliphatic carbocycles. The number of Topliss-reactive ketones (excluding diaryl/α,β-unsaturated/α-hetero) is 1. The Kier molecular flexibility index (Phi) is 20.3. The molecule has 0 aliphatic rings. The van der Waals surface area contributed by atoms with Crippen molar-refractivity contribution in [1.29, 1.82) is 0 Å². The van der Waals surface area contributed by atoms with Gasteiger partial charge < -0.3 is 25.4 Å². The largest absolute Gasteiger partial charge is 0.377 e. The lowest BCUT2D eigenvalue weighted by atomic mass is 9.91. The first-order valence-electron chi connectivity index (χ1n) is 22.0. The van der Waals surface area contributed by atoms with Crippen molar-refractivity contribution in [2.45, 2.75) is 99.2 Å². The number of fused-ring (bicyclic) bond motifs is 3. The number of carbonyl (C=O) groups is 4. The Morgan fingerprint density at radius 3 is 2.37 bits per heavy atom. The number of carbonyl (C=O) groups excluding carboxylic acids is 4. The molecule has 0 bridgehead atoms. The number of hydrogen-bond donors (Lipinski definition) is 3. The van der Waals surface area contributed by atoms with E-state index in [4.69, 9.17) is 4.98 Å².